The van der Waals surface area contributed by atoms with Crippen LogP contribution in [-0.2, 0) is 10.0 Å². The van der Waals surface area contributed by atoms with E-state index in [2.05, 4.69) is 10.6 Å². The van der Waals surface area contributed by atoms with Gasteiger partial charge < -0.3 is 10.6 Å². The molecule has 2 aromatic carbocycles. The maximum Gasteiger partial charge on any atom is 0.323 e. The Hall–Kier alpha value is -2.94. The first-order valence-corrected chi connectivity index (χ1v) is 7.88. The van der Waals surface area contributed by atoms with Crippen LogP contribution in [0.1, 0.15) is 10.4 Å². The molecule has 3 N–H and O–H groups in total. The number of benzene rings is 2. The van der Waals surface area contributed by atoms with E-state index in [9.17, 15) is 22.4 Å². The average molecular weight is 335 g/mol. The zero-order valence-corrected chi connectivity index (χ0v) is 12.3. The lowest BCUT2D eigenvalue weighted by molar-refractivity contribution is 0.0985. The van der Waals surface area contributed by atoms with Crippen molar-refractivity contribution in [2.75, 3.05) is 10.6 Å². The van der Waals surface area contributed by atoms with Gasteiger partial charge in [0.15, 0.2) is 0 Å². The standard InChI is InChI=1S/C14H10FN3O4S/c15-8-2-1-3-9(6-8)16-14(20)17-10-4-5-11-12(7-10)23(21,22)18-13(11)19/h1-7H,(H,18,19)(H2,16,17,20). The number of anilines is 2. The third kappa shape index (κ3) is 2.99. The van der Waals surface area contributed by atoms with Crippen molar-refractivity contribution in [3.8, 4) is 0 Å². The summed E-state index contributed by atoms with van der Waals surface area (Å²) < 4.78 is 38.3. The number of carbonyl (C=O) groups is 2. The van der Waals surface area contributed by atoms with Crippen molar-refractivity contribution in [1.82, 2.24) is 4.72 Å². The SMILES string of the molecule is O=C(Nc1cccc(F)c1)Nc1ccc2c(c1)S(=O)(=O)NC2=O. The summed E-state index contributed by atoms with van der Waals surface area (Å²) in [5.74, 6) is -1.22. The molecule has 1 aliphatic rings. The van der Waals surface area contributed by atoms with Gasteiger partial charge in [-0.3, -0.25) is 4.79 Å². The number of fused-ring (bicyclic) bond motifs is 1. The topological polar surface area (TPSA) is 104 Å². The van der Waals surface area contributed by atoms with Crippen molar-refractivity contribution in [1.29, 1.82) is 0 Å². The predicted molar refractivity (Wildman–Crippen MR) is 80.1 cm³/mol. The molecule has 0 spiro atoms. The van der Waals surface area contributed by atoms with Gasteiger partial charge in [0.05, 0.1) is 5.56 Å². The first-order valence-electron chi connectivity index (χ1n) is 6.40. The largest absolute Gasteiger partial charge is 0.323 e. The van der Waals surface area contributed by atoms with Gasteiger partial charge in [0.25, 0.3) is 15.9 Å². The van der Waals surface area contributed by atoms with E-state index < -0.39 is 27.8 Å². The molecule has 1 heterocycles. The monoisotopic (exact) mass is 335 g/mol. The van der Waals surface area contributed by atoms with Gasteiger partial charge >= 0.3 is 6.03 Å². The van der Waals surface area contributed by atoms with Crippen LogP contribution >= 0.6 is 0 Å². The molecule has 0 saturated heterocycles. The second-order valence-electron chi connectivity index (χ2n) is 4.74. The molecule has 0 fully saturated rings. The van der Waals surface area contributed by atoms with E-state index in [0.717, 1.165) is 6.07 Å². The average Bonchev–Trinajstić information content (AvgIpc) is 2.68. The van der Waals surface area contributed by atoms with Crippen LogP contribution in [0.4, 0.5) is 20.6 Å². The Labute approximate surface area is 130 Å². The number of rotatable bonds is 2. The minimum atomic E-state index is -3.90. The quantitative estimate of drug-likeness (QED) is 0.779. The van der Waals surface area contributed by atoms with Crippen LogP contribution < -0.4 is 15.4 Å². The van der Waals surface area contributed by atoms with Gasteiger partial charge in [0.1, 0.15) is 10.7 Å². The minimum absolute atomic E-state index is 0.0149. The van der Waals surface area contributed by atoms with Gasteiger partial charge in [0, 0.05) is 11.4 Å². The number of hydrogen-bond donors (Lipinski definition) is 3. The van der Waals surface area contributed by atoms with Crippen molar-refractivity contribution >= 4 is 33.3 Å². The van der Waals surface area contributed by atoms with Crippen LogP contribution in [0, 0.1) is 5.82 Å². The Balaban J connectivity index is 1.79. The molecule has 7 nitrogen and oxygen atoms in total. The smallest absolute Gasteiger partial charge is 0.308 e. The summed E-state index contributed by atoms with van der Waals surface area (Å²) in [6.45, 7) is 0. The van der Waals surface area contributed by atoms with E-state index in [0.29, 0.717) is 0 Å². The van der Waals surface area contributed by atoms with Crippen molar-refractivity contribution in [3.63, 3.8) is 0 Å². The summed E-state index contributed by atoms with van der Waals surface area (Å²) in [4.78, 5) is 23.1. The summed E-state index contributed by atoms with van der Waals surface area (Å²) in [5.41, 5.74) is 0.437. The minimum Gasteiger partial charge on any atom is -0.308 e. The molecule has 2 aromatic rings. The summed E-state index contributed by atoms with van der Waals surface area (Å²) in [6, 6.07) is 8.49. The van der Waals surface area contributed by atoms with E-state index in [-0.39, 0.29) is 21.8 Å². The molecule has 0 radical (unpaired) electrons. The zero-order chi connectivity index (χ0) is 16.6. The number of nitrogens with one attached hydrogen (secondary N) is 3. The predicted octanol–water partition coefficient (Wildman–Crippen LogP) is 1.90. The van der Waals surface area contributed by atoms with Crippen LogP contribution in [0.15, 0.2) is 47.4 Å². The van der Waals surface area contributed by atoms with E-state index >= 15 is 0 Å². The van der Waals surface area contributed by atoms with Crippen LogP contribution in [0.3, 0.4) is 0 Å². The number of halogens is 1. The molecule has 0 unspecified atom stereocenters. The first-order chi connectivity index (χ1) is 10.8. The van der Waals surface area contributed by atoms with Crippen molar-refractivity contribution in [2.45, 2.75) is 4.90 Å². The molecule has 0 aliphatic carbocycles. The lowest BCUT2D eigenvalue weighted by Crippen LogP contribution is -2.21. The summed E-state index contributed by atoms with van der Waals surface area (Å²) >= 11 is 0. The molecule has 3 rings (SSSR count). The molecule has 0 bridgehead atoms. The molecule has 23 heavy (non-hydrogen) atoms. The van der Waals surface area contributed by atoms with Crippen LogP contribution in [-0.4, -0.2) is 20.4 Å². The highest BCUT2D eigenvalue weighted by Gasteiger charge is 2.32. The van der Waals surface area contributed by atoms with Crippen molar-refractivity contribution in [2.24, 2.45) is 0 Å². The molecular weight excluding hydrogens is 325 g/mol. The van der Waals surface area contributed by atoms with Gasteiger partial charge in [-0.05, 0) is 36.4 Å². The van der Waals surface area contributed by atoms with Crippen molar-refractivity contribution < 1.29 is 22.4 Å². The highest BCUT2D eigenvalue weighted by molar-refractivity contribution is 7.90. The fraction of sp³-hybridized carbons (Fsp3) is 0. The molecule has 9 heteroatoms. The molecule has 1 aliphatic heterocycles. The van der Waals surface area contributed by atoms with E-state index in [1.54, 1.807) is 0 Å². The number of amides is 3. The molecule has 0 aromatic heterocycles. The maximum atomic E-state index is 13.0. The highest BCUT2D eigenvalue weighted by Crippen LogP contribution is 2.25. The second-order valence-corrected chi connectivity index (χ2v) is 6.39. The number of urea groups is 1. The fourth-order valence-corrected chi connectivity index (χ4v) is 3.30. The van der Waals surface area contributed by atoms with Gasteiger partial charge in [-0.25, -0.2) is 22.3 Å². The normalized spacial score (nSPS) is 14.7. The third-order valence-corrected chi connectivity index (χ3v) is 4.45. The number of carbonyl (C=O) groups excluding carboxylic acids is 2. The van der Waals surface area contributed by atoms with Crippen LogP contribution in [0.2, 0.25) is 0 Å². The van der Waals surface area contributed by atoms with Crippen molar-refractivity contribution in [3.05, 3.63) is 53.8 Å². The van der Waals surface area contributed by atoms with E-state index in [1.807, 2.05) is 4.72 Å². The Morgan fingerprint density at radius 2 is 1.74 bits per heavy atom. The van der Waals surface area contributed by atoms with Crippen LogP contribution in [0.25, 0.3) is 0 Å². The van der Waals surface area contributed by atoms with Gasteiger partial charge in [-0.2, -0.15) is 0 Å². The van der Waals surface area contributed by atoms with Gasteiger partial charge in [-0.15, -0.1) is 0 Å². The lowest BCUT2D eigenvalue weighted by Gasteiger charge is -2.08. The fourth-order valence-electron chi connectivity index (χ4n) is 2.10. The summed E-state index contributed by atoms with van der Waals surface area (Å²) in [5, 5.41) is 4.82. The number of sulfonamides is 1. The lowest BCUT2D eigenvalue weighted by atomic mass is 10.2. The molecular formula is C14H10FN3O4S. The molecule has 0 saturated carbocycles. The Morgan fingerprint density at radius 1 is 1.04 bits per heavy atom. The Morgan fingerprint density at radius 3 is 2.43 bits per heavy atom. The van der Waals surface area contributed by atoms with E-state index in [4.69, 9.17) is 0 Å². The third-order valence-electron chi connectivity index (χ3n) is 3.08. The Bertz CT molecular complexity index is 927. The maximum absolute atomic E-state index is 13.0. The number of hydrogen-bond acceptors (Lipinski definition) is 4. The summed E-state index contributed by atoms with van der Waals surface area (Å²) in [6.07, 6.45) is 0. The van der Waals surface area contributed by atoms with Crippen LogP contribution in [0.5, 0.6) is 0 Å². The van der Waals surface area contributed by atoms with Gasteiger partial charge in [0.2, 0.25) is 0 Å². The molecule has 3 amide bonds. The molecule has 118 valence electrons. The van der Waals surface area contributed by atoms with E-state index in [1.165, 1.54) is 36.4 Å². The highest BCUT2D eigenvalue weighted by atomic mass is 32.2. The summed E-state index contributed by atoms with van der Waals surface area (Å²) in [7, 11) is -3.90. The Kier molecular flexibility index (Phi) is 3.49. The van der Waals surface area contributed by atoms with Gasteiger partial charge in [-0.1, -0.05) is 6.07 Å². The second kappa shape index (κ2) is 5.36. The first kappa shape index (κ1) is 15.0. The molecule has 0 atom stereocenters. The zero-order valence-electron chi connectivity index (χ0n) is 11.5.